The van der Waals surface area contributed by atoms with Crippen molar-refractivity contribution in [1.29, 1.82) is 0 Å². The molecule has 166 valence electrons. The number of rotatable bonds is 5. The van der Waals surface area contributed by atoms with Gasteiger partial charge in [-0.2, -0.15) is 0 Å². The first-order valence-corrected chi connectivity index (χ1v) is 12.6. The molecule has 0 spiro atoms. The van der Waals surface area contributed by atoms with Crippen molar-refractivity contribution in [3.8, 4) is 17.0 Å². The number of fused-ring (bicyclic) bond motifs is 1. The van der Waals surface area contributed by atoms with Crippen LogP contribution in [0.25, 0.3) is 21.5 Å². The first-order valence-electron chi connectivity index (χ1n) is 10.4. The number of halogens is 1. The number of thiophene rings is 1. The molecule has 2 amide bonds. The predicted octanol–water partition coefficient (Wildman–Crippen LogP) is 4.65. The summed E-state index contributed by atoms with van der Waals surface area (Å²) < 4.78 is 7.32. The lowest BCUT2D eigenvalue weighted by atomic mass is 10.0. The largest absolute Gasteiger partial charge is 0.488 e. The van der Waals surface area contributed by atoms with Crippen molar-refractivity contribution in [2.24, 2.45) is 0 Å². The highest BCUT2D eigenvalue weighted by molar-refractivity contribution is 8.14. The third-order valence-corrected chi connectivity index (χ3v) is 7.74. The average molecular weight is 489 g/mol. The maximum Gasteiger partial charge on any atom is 0.289 e. The van der Waals surface area contributed by atoms with E-state index in [4.69, 9.17) is 16.3 Å². The van der Waals surface area contributed by atoms with Gasteiger partial charge in [0.2, 0.25) is 5.91 Å². The van der Waals surface area contributed by atoms with Gasteiger partial charge in [0.25, 0.3) is 5.24 Å². The lowest BCUT2D eigenvalue weighted by molar-refractivity contribution is -0.124. The standard InChI is InChI=1S/C22H21ClN4O3S2/c1-12-5-13(23)6-16(20(12)30-14-3-2-4-24-8-14)19-21-17(25-11-26-19)7-15(32-21)9-27-18(28)10-31-22(27)29/h5-7,11,14,24H,2-4,8-10H2,1H3. The van der Waals surface area contributed by atoms with Crippen LogP contribution in [-0.4, -0.2) is 51.0 Å². The molecular weight excluding hydrogens is 468 g/mol. The number of aryl methyl sites for hydroxylation is 1. The van der Waals surface area contributed by atoms with E-state index in [0.717, 1.165) is 75.4 Å². The SMILES string of the molecule is Cc1cc(Cl)cc(-c2ncnc3cc(CN4C(=O)CSC4=O)sc23)c1OC1CCCNC1. The molecule has 10 heteroatoms. The number of nitrogens with zero attached hydrogens (tertiary/aromatic N) is 3. The summed E-state index contributed by atoms with van der Waals surface area (Å²) in [5.74, 6) is 0.818. The van der Waals surface area contributed by atoms with Gasteiger partial charge in [0.15, 0.2) is 0 Å². The van der Waals surface area contributed by atoms with Gasteiger partial charge in [0.1, 0.15) is 18.2 Å². The van der Waals surface area contributed by atoms with E-state index in [9.17, 15) is 9.59 Å². The minimum Gasteiger partial charge on any atom is -0.488 e. The highest BCUT2D eigenvalue weighted by Crippen LogP contribution is 2.41. The van der Waals surface area contributed by atoms with Crippen LogP contribution in [0.3, 0.4) is 0 Å². The summed E-state index contributed by atoms with van der Waals surface area (Å²) in [6, 6.07) is 5.69. The summed E-state index contributed by atoms with van der Waals surface area (Å²) in [6.45, 7) is 4.05. The van der Waals surface area contributed by atoms with Gasteiger partial charge in [-0.25, -0.2) is 9.97 Å². The molecule has 1 unspecified atom stereocenters. The van der Waals surface area contributed by atoms with E-state index in [0.29, 0.717) is 5.02 Å². The number of thioether (sulfide) groups is 1. The van der Waals surface area contributed by atoms with Crippen LogP contribution in [-0.2, 0) is 11.3 Å². The van der Waals surface area contributed by atoms with Crippen molar-refractivity contribution >= 4 is 56.1 Å². The van der Waals surface area contributed by atoms with Crippen LogP contribution in [0.15, 0.2) is 24.5 Å². The highest BCUT2D eigenvalue weighted by Gasteiger charge is 2.30. The molecule has 2 aliphatic rings. The summed E-state index contributed by atoms with van der Waals surface area (Å²) in [7, 11) is 0. The minimum atomic E-state index is -0.207. The zero-order chi connectivity index (χ0) is 22.2. The van der Waals surface area contributed by atoms with E-state index in [2.05, 4.69) is 15.3 Å². The molecule has 0 saturated carbocycles. The van der Waals surface area contributed by atoms with E-state index in [1.54, 1.807) is 0 Å². The normalized spacial score (nSPS) is 19.2. The van der Waals surface area contributed by atoms with Crippen LogP contribution >= 0.6 is 34.7 Å². The maximum absolute atomic E-state index is 12.0. The molecule has 1 N–H and O–H groups in total. The van der Waals surface area contributed by atoms with Gasteiger partial charge in [0.05, 0.1) is 28.2 Å². The Morgan fingerprint density at radius 1 is 1.28 bits per heavy atom. The Balaban J connectivity index is 1.55. The summed E-state index contributed by atoms with van der Waals surface area (Å²) in [6.07, 6.45) is 3.68. The number of ether oxygens (including phenoxy) is 1. The van der Waals surface area contributed by atoms with Gasteiger partial charge < -0.3 is 10.1 Å². The third kappa shape index (κ3) is 4.22. The Kier molecular flexibility index (Phi) is 6.07. The maximum atomic E-state index is 12.0. The van der Waals surface area contributed by atoms with Crippen molar-refractivity contribution in [2.45, 2.75) is 32.4 Å². The second kappa shape index (κ2) is 8.97. The lowest BCUT2D eigenvalue weighted by Gasteiger charge is -2.26. The summed E-state index contributed by atoms with van der Waals surface area (Å²) in [4.78, 5) is 35.2. The Morgan fingerprint density at radius 2 is 2.16 bits per heavy atom. The van der Waals surface area contributed by atoms with Gasteiger partial charge in [0, 0.05) is 22.0 Å². The Labute approximate surface area is 198 Å². The van der Waals surface area contributed by atoms with E-state index < -0.39 is 0 Å². The Bertz CT molecular complexity index is 1190. The van der Waals surface area contributed by atoms with Gasteiger partial charge in [-0.1, -0.05) is 23.4 Å². The number of benzene rings is 1. The van der Waals surface area contributed by atoms with E-state index >= 15 is 0 Å². The monoisotopic (exact) mass is 488 g/mol. The summed E-state index contributed by atoms with van der Waals surface area (Å²) in [5.41, 5.74) is 3.28. The first-order chi connectivity index (χ1) is 15.5. The summed E-state index contributed by atoms with van der Waals surface area (Å²) in [5, 5.41) is 3.79. The molecule has 1 atom stereocenters. The summed E-state index contributed by atoms with van der Waals surface area (Å²) >= 11 is 8.95. The number of imide groups is 1. The highest BCUT2D eigenvalue weighted by atomic mass is 35.5. The fraction of sp³-hybridized carbons (Fsp3) is 0.364. The second-order valence-electron chi connectivity index (χ2n) is 7.87. The topological polar surface area (TPSA) is 84.4 Å². The lowest BCUT2D eigenvalue weighted by Crippen LogP contribution is -2.37. The predicted molar refractivity (Wildman–Crippen MR) is 128 cm³/mol. The second-order valence-corrected chi connectivity index (χ2v) is 10.4. The van der Waals surface area contributed by atoms with Crippen LogP contribution in [0.2, 0.25) is 5.02 Å². The molecule has 2 fully saturated rings. The van der Waals surface area contributed by atoms with Crippen molar-refractivity contribution < 1.29 is 14.3 Å². The molecule has 0 radical (unpaired) electrons. The van der Waals surface area contributed by atoms with Crippen molar-refractivity contribution in [3.05, 3.63) is 40.0 Å². The first kappa shape index (κ1) is 21.6. The molecule has 2 aliphatic heterocycles. The fourth-order valence-corrected chi connectivity index (χ4v) is 6.11. The molecule has 4 heterocycles. The number of carbonyl (C=O) groups is 2. The number of carbonyl (C=O) groups excluding carboxylic acids is 2. The molecule has 3 aromatic rings. The Hall–Kier alpha value is -2.20. The van der Waals surface area contributed by atoms with Crippen LogP contribution < -0.4 is 10.1 Å². The molecule has 1 aromatic carbocycles. The number of aromatic nitrogens is 2. The zero-order valence-corrected chi connectivity index (χ0v) is 19.8. The molecule has 32 heavy (non-hydrogen) atoms. The smallest absolute Gasteiger partial charge is 0.289 e. The van der Waals surface area contributed by atoms with Gasteiger partial charge in [-0.3, -0.25) is 14.5 Å². The molecule has 7 nitrogen and oxygen atoms in total. The van der Waals surface area contributed by atoms with Gasteiger partial charge in [-0.05, 0) is 50.1 Å². The number of hydrogen-bond donors (Lipinski definition) is 1. The number of amides is 2. The van der Waals surface area contributed by atoms with E-state index in [1.807, 2.05) is 25.1 Å². The van der Waals surface area contributed by atoms with Gasteiger partial charge in [-0.15, -0.1) is 11.3 Å². The van der Waals surface area contributed by atoms with Crippen molar-refractivity contribution in [3.63, 3.8) is 0 Å². The van der Waals surface area contributed by atoms with E-state index in [-0.39, 0.29) is 29.5 Å². The number of hydrogen-bond acceptors (Lipinski definition) is 8. The van der Waals surface area contributed by atoms with E-state index in [1.165, 1.54) is 22.6 Å². The molecule has 0 aliphatic carbocycles. The number of nitrogens with one attached hydrogen (secondary N) is 1. The van der Waals surface area contributed by atoms with Crippen molar-refractivity contribution in [2.75, 3.05) is 18.8 Å². The minimum absolute atomic E-state index is 0.0864. The van der Waals surface area contributed by atoms with Crippen LogP contribution in [0.5, 0.6) is 5.75 Å². The van der Waals surface area contributed by atoms with Crippen LogP contribution in [0.4, 0.5) is 4.79 Å². The van der Waals surface area contributed by atoms with Crippen LogP contribution in [0.1, 0.15) is 23.3 Å². The Morgan fingerprint density at radius 3 is 2.91 bits per heavy atom. The average Bonchev–Trinajstić information content (AvgIpc) is 3.34. The molecule has 2 saturated heterocycles. The fourth-order valence-electron chi connectivity index (χ4n) is 4.01. The van der Waals surface area contributed by atoms with Crippen molar-refractivity contribution in [1.82, 2.24) is 20.2 Å². The molecule has 2 aromatic heterocycles. The van der Waals surface area contributed by atoms with Crippen LogP contribution in [0, 0.1) is 6.92 Å². The molecule has 0 bridgehead atoms. The number of piperidine rings is 1. The zero-order valence-electron chi connectivity index (χ0n) is 17.4. The van der Waals surface area contributed by atoms with Gasteiger partial charge >= 0.3 is 0 Å². The third-order valence-electron chi connectivity index (χ3n) is 5.55. The molecule has 5 rings (SSSR count). The molecular formula is C22H21ClN4O3S2. The quantitative estimate of drug-likeness (QED) is 0.559.